The van der Waals surface area contributed by atoms with Gasteiger partial charge in [-0.1, -0.05) is 11.6 Å². The van der Waals surface area contributed by atoms with Crippen molar-refractivity contribution in [1.82, 2.24) is 0 Å². The smallest absolute Gasteiger partial charge is 0.0312 e. The third kappa shape index (κ3) is 2.03. The van der Waals surface area contributed by atoms with Crippen LogP contribution in [0.5, 0.6) is 0 Å². The van der Waals surface area contributed by atoms with Crippen LogP contribution < -0.4 is 5.73 Å². The van der Waals surface area contributed by atoms with E-state index in [-0.39, 0.29) is 5.54 Å². The summed E-state index contributed by atoms with van der Waals surface area (Å²) in [6, 6.07) is 0. The first-order chi connectivity index (χ1) is 4.61. The Morgan fingerprint density at radius 1 is 1.60 bits per heavy atom. The summed E-state index contributed by atoms with van der Waals surface area (Å²) in [5.41, 5.74) is 7.27. The predicted octanol–water partition coefficient (Wildman–Crippen LogP) is 1.79. The van der Waals surface area contributed by atoms with Crippen LogP contribution in [-0.2, 0) is 0 Å². The van der Waals surface area contributed by atoms with Gasteiger partial charge in [0.15, 0.2) is 0 Å². The van der Waals surface area contributed by atoms with E-state index in [1.54, 1.807) is 0 Å². The second kappa shape index (κ2) is 2.97. The first kappa shape index (κ1) is 8.15. The molecule has 1 rings (SSSR count). The summed E-state index contributed by atoms with van der Waals surface area (Å²) in [4.78, 5) is 0. The maximum Gasteiger partial charge on any atom is 0.0312 e. The predicted molar refractivity (Wildman–Crippen MR) is 48.3 cm³/mol. The monoisotopic (exact) mass is 157 g/mol. The maximum absolute atomic E-state index is 5.93. The molecule has 0 saturated heterocycles. The first-order valence-electron chi connectivity index (χ1n) is 3.67. The quantitative estimate of drug-likeness (QED) is 0.587. The zero-order chi connectivity index (χ0) is 7.61. The minimum Gasteiger partial charge on any atom is -0.322 e. The topological polar surface area (TPSA) is 26.0 Å². The minimum atomic E-state index is -0.0824. The average molecular weight is 157 g/mol. The van der Waals surface area contributed by atoms with Crippen LogP contribution in [0.15, 0.2) is 11.6 Å². The van der Waals surface area contributed by atoms with Gasteiger partial charge in [0.25, 0.3) is 0 Å². The number of hydrogen-bond donors (Lipinski definition) is 1. The molecule has 0 aromatic heterocycles. The summed E-state index contributed by atoms with van der Waals surface area (Å²) in [6.07, 6.45) is 3.45. The molecule has 0 atom stereocenters. The van der Waals surface area contributed by atoms with Gasteiger partial charge in [-0.15, -0.1) is 0 Å². The van der Waals surface area contributed by atoms with Crippen molar-refractivity contribution in [2.75, 3.05) is 11.5 Å². The van der Waals surface area contributed by atoms with Gasteiger partial charge in [0.05, 0.1) is 0 Å². The molecule has 0 saturated carbocycles. The molecule has 0 unspecified atom stereocenters. The first-order valence-corrected chi connectivity index (χ1v) is 4.82. The minimum absolute atomic E-state index is 0.0824. The maximum atomic E-state index is 5.93. The van der Waals surface area contributed by atoms with Crippen molar-refractivity contribution < 1.29 is 0 Å². The fourth-order valence-electron chi connectivity index (χ4n) is 1.11. The Morgan fingerprint density at radius 3 is 2.60 bits per heavy atom. The standard InChI is InChI=1S/C8H15NS/c1-8(2,9)7-3-5-10-6-4-7/h3H,4-6,9H2,1-2H3. The number of thioether (sulfide) groups is 1. The van der Waals surface area contributed by atoms with Gasteiger partial charge in [-0.05, 0) is 26.0 Å². The summed E-state index contributed by atoms with van der Waals surface area (Å²) in [5, 5.41) is 0. The molecule has 2 heteroatoms. The molecule has 2 N–H and O–H groups in total. The van der Waals surface area contributed by atoms with Gasteiger partial charge in [0, 0.05) is 11.3 Å². The van der Waals surface area contributed by atoms with Gasteiger partial charge in [0.1, 0.15) is 0 Å². The summed E-state index contributed by atoms with van der Waals surface area (Å²) in [7, 11) is 0. The third-order valence-electron chi connectivity index (χ3n) is 1.79. The molecule has 1 aliphatic rings. The highest BCUT2D eigenvalue weighted by molar-refractivity contribution is 7.99. The molecule has 0 aromatic rings. The Labute approximate surface area is 67.1 Å². The van der Waals surface area contributed by atoms with Crippen LogP contribution in [0.4, 0.5) is 0 Å². The van der Waals surface area contributed by atoms with E-state index >= 15 is 0 Å². The van der Waals surface area contributed by atoms with Crippen molar-refractivity contribution in [2.24, 2.45) is 5.73 Å². The Bertz CT molecular complexity index is 144. The highest BCUT2D eigenvalue weighted by Crippen LogP contribution is 2.23. The lowest BCUT2D eigenvalue weighted by Crippen LogP contribution is -2.35. The molecular formula is C8H15NS. The van der Waals surface area contributed by atoms with Crippen LogP contribution in [0.25, 0.3) is 0 Å². The molecule has 0 radical (unpaired) electrons. The van der Waals surface area contributed by atoms with E-state index in [9.17, 15) is 0 Å². The second-order valence-electron chi connectivity index (χ2n) is 3.28. The highest BCUT2D eigenvalue weighted by atomic mass is 32.2. The van der Waals surface area contributed by atoms with Crippen LogP contribution >= 0.6 is 11.8 Å². The van der Waals surface area contributed by atoms with Gasteiger partial charge < -0.3 is 5.73 Å². The van der Waals surface area contributed by atoms with Gasteiger partial charge >= 0.3 is 0 Å². The van der Waals surface area contributed by atoms with Gasteiger partial charge in [-0.25, -0.2) is 0 Å². The molecule has 10 heavy (non-hydrogen) atoms. The molecule has 0 aromatic carbocycles. The van der Waals surface area contributed by atoms with Crippen LogP contribution in [0, 0.1) is 0 Å². The second-order valence-corrected chi connectivity index (χ2v) is 4.43. The zero-order valence-corrected chi connectivity index (χ0v) is 7.50. The van der Waals surface area contributed by atoms with Crippen molar-refractivity contribution in [3.05, 3.63) is 11.6 Å². The van der Waals surface area contributed by atoms with Crippen molar-refractivity contribution in [1.29, 1.82) is 0 Å². The van der Waals surface area contributed by atoms with Crippen LogP contribution in [-0.4, -0.2) is 17.0 Å². The van der Waals surface area contributed by atoms with E-state index in [1.807, 2.05) is 11.8 Å². The summed E-state index contributed by atoms with van der Waals surface area (Å²) >= 11 is 1.98. The number of nitrogens with two attached hydrogens (primary N) is 1. The van der Waals surface area contributed by atoms with Gasteiger partial charge in [-0.3, -0.25) is 0 Å². The van der Waals surface area contributed by atoms with E-state index in [4.69, 9.17) is 5.73 Å². The molecule has 1 nitrogen and oxygen atoms in total. The molecule has 1 heterocycles. The molecule has 0 bridgehead atoms. The van der Waals surface area contributed by atoms with E-state index in [0.717, 1.165) is 5.75 Å². The highest BCUT2D eigenvalue weighted by Gasteiger charge is 2.18. The van der Waals surface area contributed by atoms with Crippen LogP contribution in [0.1, 0.15) is 20.3 Å². The molecule has 0 aliphatic carbocycles. The van der Waals surface area contributed by atoms with Gasteiger partial charge in [-0.2, -0.15) is 11.8 Å². The van der Waals surface area contributed by atoms with Crippen molar-refractivity contribution in [2.45, 2.75) is 25.8 Å². The lowest BCUT2D eigenvalue weighted by atomic mass is 9.93. The van der Waals surface area contributed by atoms with E-state index in [0.29, 0.717) is 0 Å². The third-order valence-corrected chi connectivity index (χ3v) is 2.69. The lowest BCUT2D eigenvalue weighted by molar-refractivity contribution is 0.590. The SMILES string of the molecule is CC(C)(N)C1=CCSCC1. The normalized spacial score (nSPS) is 20.5. The van der Waals surface area contributed by atoms with Crippen molar-refractivity contribution in [3.63, 3.8) is 0 Å². The average Bonchev–Trinajstić information content (AvgIpc) is 1.88. The molecule has 1 aliphatic heterocycles. The Kier molecular flexibility index (Phi) is 2.42. The van der Waals surface area contributed by atoms with Crippen LogP contribution in [0.2, 0.25) is 0 Å². The molecule has 0 amide bonds. The van der Waals surface area contributed by atoms with E-state index < -0.39 is 0 Å². The zero-order valence-electron chi connectivity index (χ0n) is 6.68. The summed E-state index contributed by atoms with van der Waals surface area (Å²) in [5.74, 6) is 2.39. The lowest BCUT2D eigenvalue weighted by Gasteiger charge is -2.25. The van der Waals surface area contributed by atoms with E-state index in [2.05, 4.69) is 19.9 Å². The van der Waals surface area contributed by atoms with Crippen molar-refractivity contribution in [3.8, 4) is 0 Å². The van der Waals surface area contributed by atoms with Crippen molar-refractivity contribution >= 4 is 11.8 Å². The fraction of sp³-hybridized carbons (Fsp3) is 0.750. The summed E-state index contributed by atoms with van der Waals surface area (Å²) in [6.45, 7) is 4.16. The Hall–Kier alpha value is 0.0500. The molecular weight excluding hydrogens is 142 g/mol. The summed E-state index contributed by atoms with van der Waals surface area (Å²) < 4.78 is 0. The fourth-order valence-corrected chi connectivity index (χ4v) is 1.96. The molecule has 0 fully saturated rings. The number of hydrogen-bond acceptors (Lipinski definition) is 2. The van der Waals surface area contributed by atoms with E-state index in [1.165, 1.54) is 17.7 Å². The molecule has 58 valence electrons. The Morgan fingerprint density at radius 2 is 2.30 bits per heavy atom. The largest absolute Gasteiger partial charge is 0.322 e. The van der Waals surface area contributed by atoms with Crippen LogP contribution in [0.3, 0.4) is 0 Å². The van der Waals surface area contributed by atoms with Gasteiger partial charge in [0.2, 0.25) is 0 Å². The Balaban J connectivity index is 2.62. The number of rotatable bonds is 1. The molecule has 0 spiro atoms.